The normalized spacial score (nSPS) is 14.2. The first-order chi connectivity index (χ1) is 41.5. The summed E-state index contributed by atoms with van der Waals surface area (Å²) in [5.74, 6) is -1.43. The lowest BCUT2D eigenvalue weighted by Gasteiger charge is -2.21. The highest BCUT2D eigenvalue weighted by molar-refractivity contribution is 7.47. The molecular weight excluding hydrogens is 1140 g/mol. The van der Waals surface area contributed by atoms with E-state index >= 15 is 0 Å². The summed E-state index contributed by atoms with van der Waals surface area (Å²) in [5, 5.41) is 10.6. The summed E-state index contributed by atoms with van der Waals surface area (Å²) in [6.45, 7) is 7.15. The summed E-state index contributed by atoms with van der Waals surface area (Å²) in [4.78, 5) is 72.3. The molecule has 17 nitrogen and oxygen atoms in total. The molecule has 19 heteroatoms. The van der Waals surface area contributed by atoms with Crippen molar-refractivity contribution in [2.24, 2.45) is 5.92 Å². The van der Waals surface area contributed by atoms with E-state index in [-0.39, 0.29) is 25.7 Å². The fraction of sp³-hybridized carbons (Fsp3) is 0.940. The van der Waals surface area contributed by atoms with Crippen LogP contribution in [0.1, 0.15) is 343 Å². The Balaban J connectivity index is 5.23. The number of phosphoric ester groups is 2. The first-order valence-electron chi connectivity index (χ1n) is 35.1. The average Bonchev–Trinajstić information content (AvgIpc) is 3.66. The molecule has 0 aromatic heterocycles. The Morgan fingerprint density at radius 3 is 0.791 bits per heavy atom. The summed E-state index contributed by atoms with van der Waals surface area (Å²) < 4.78 is 68.1. The number of esters is 4. The zero-order valence-electron chi connectivity index (χ0n) is 55.4. The summed E-state index contributed by atoms with van der Waals surface area (Å²) in [7, 11) is -9.89. The number of phosphoric acid groups is 2. The highest BCUT2D eigenvalue weighted by Gasteiger charge is 2.30. The van der Waals surface area contributed by atoms with Crippen LogP contribution in [0.4, 0.5) is 0 Å². The Morgan fingerprint density at radius 1 is 0.314 bits per heavy atom. The molecule has 0 aromatic rings. The van der Waals surface area contributed by atoms with Crippen molar-refractivity contribution in [3.63, 3.8) is 0 Å². The minimum absolute atomic E-state index is 0.104. The Morgan fingerprint density at radius 2 is 0.535 bits per heavy atom. The summed E-state index contributed by atoms with van der Waals surface area (Å²) in [5.41, 5.74) is 0. The van der Waals surface area contributed by atoms with Gasteiger partial charge in [0, 0.05) is 25.7 Å². The van der Waals surface area contributed by atoms with Crippen LogP contribution in [0.5, 0.6) is 0 Å². The van der Waals surface area contributed by atoms with Gasteiger partial charge in [0.15, 0.2) is 12.2 Å². The molecule has 0 aliphatic rings. The molecule has 0 rings (SSSR count). The van der Waals surface area contributed by atoms with Gasteiger partial charge in [-0.1, -0.05) is 291 Å². The topological polar surface area (TPSA) is 237 Å². The van der Waals surface area contributed by atoms with Crippen LogP contribution in [-0.4, -0.2) is 96.7 Å². The Hall–Kier alpha value is -1.94. The number of unbranched alkanes of at least 4 members (excludes halogenated alkanes) is 39. The van der Waals surface area contributed by atoms with Gasteiger partial charge >= 0.3 is 39.5 Å². The maximum atomic E-state index is 13.0. The Bertz CT molecular complexity index is 1670. The van der Waals surface area contributed by atoms with E-state index in [0.29, 0.717) is 31.6 Å². The highest BCUT2D eigenvalue weighted by atomic mass is 31.2. The van der Waals surface area contributed by atoms with Crippen molar-refractivity contribution in [1.82, 2.24) is 0 Å². The van der Waals surface area contributed by atoms with Crippen LogP contribution < -0.4 is 0 Å². The lowest BCUT2D eigenvalue weighted by Crippen LogP contribution is -2.30. The van der Waals surface area contributed by atoms with Gasteiger partial charge < -0.3 is 33.8 Å². The zero-order valence-corrected chi connectivity index (χ0v) is 57.2. The zero-order chi connectivity index (χ0) is 63.5. The number of hydrogen-bond donors (Lipinski definition) is 3. The first kappa shape index (κ1) is 84.1. The highest BCUT2D eigenvalue weighted by Crippen LogP contribution is 2.45. The van der Waals surface area contributed by atoms with E-state index in [1.807, 2.05) is 0 Å². The van der Waals surface area contributed by atoms with Crippen LogP contribution in [-0.2, 0) is 65.4 Å². The third-order valence-corrected chi connectivity index (χ3v) is 17.4. The molecule has 0 saturated heterocycles. The predicted molar refractivity (Wildman–Crippen MR) is 345 cm³/mol. The van der Waals surface area contributed by atoms with Crippen molar-refractivity contribution in [2.75, 3.05) is 39.6 Å². The largest absolute Gasteiger partial charge is 0.472 e. The molecular formula is C67H130O17P2. The monoisotopic (exact) mass is 1270 g/mol. The Kier molecular flexibility index (Phi) is 59.2. The van der Waals surface area contributed by atoms with Crippen molar-refractivity contribution < 1.29 is 80.2 Å². The second-order valence-electron chi connectivity index (χ2n) is 24.7. The van der Waals surface area contributed by atoms with Crippen molar-refractivity contribution in [1.29, 1.82) is 0 Å². The third-order valence-electron chi connectivity index (χ3n) is 15.5. The number of carbonyl (C=O) groups excluding carboxylic acids is 4. The number of rotatable bonds is 67. The molecule has 86 heavy (non-hydrogen) atoms. The number of aliphatic hydroxyl groups excluding tert-OH is 1. The number of carbonyl (C=O) groups is 4. The minimum Gasteiger partial charge on any atom is -0.462 e. The maximum absolute atomic E-state index is 13.0. The molecule has 0 aliphatic carbocycles. The van der Waals surface area contributed by atoms with Gasteiger partial charge in [-0.3, -0.25) is 37.3 Å². The van der Waals surface area contributed by atoms with E-state index in [1.54, 1.807) is 0 Å². The van der Waals surface area contributed by atoms with Gasteiger partial charge in [-0.15, -0.1) is 0 Å². The van der Waals surface area contributed by atoms with E-state index < -0.39 is 97.5 Å². The molecule has 0 heterocycles. The van der Waals surface area contributed by atoms with Gasteiger partial charge in [0.2, 0.25) is 0 Å². The molecule has 0 saturated carbocycles. The molecule has 0 spiro atoms. The van der Waals surface area contributed by atoms with Gasteiger partial charge in [0.1, 0.15) is 19.3 Å². The fourth-order valence-electron chi connectivity index (χ4n) is 10.1. The van der Waals surface area contributed by atoms with Crippen molar-refractivity contribution in [3.8, 4) is 0 Å². The van der Waals surface area contributed by atoms with Gasteiger partial charge in [-0.05, 0) is 31.6 Å². The summed E-state index contributed by atoms with van der Waals surface area (Å²) in [6.07, 6.45) is 45.8. The molecule has 2 unspecified atom stereocenters. The molecule has 0 amide bonds. The van der Waals surface area contributed by atoms with Crippen LogP contribution in [0.2, 0.25) is 0 Å². The second kappa shape index (κ2) is 60.6. The van der Waals surface area contributed by atoms with Crippen molar-refractivity contribution >= 4 is 39.5 Å². The molecule has 0 aromatic carbocycles. The molecule has 0 fully saturated rings. The molecule has 0 aliphatic heterocycles. The van der Waals surface area contributed by atoms with Gasteiger partial charge in [-0.25, -0.2) is 9.13 Å². The quantitative estimate of drug-likeness (QED) is 0.0222. The number of aliphatic hydroxyl groups is 1. The fourth-order valence-corrected chi connectivity index (χ4v) is 11.7. The molecule has 0 bridgehead atoms. The second-order valence-corrected chi connectivity index (χ2v) is 27.6. The molecule has 510 valence electrons. The number of hydrogen-bond acceptors (Lipinski definition) is 15. The van der Waals surface area contributed by atoms with Gasteiger partial charge in [0.05, 0.1) is 26.4 Å². The minimum atomic E-state index is -4.95. The average molecular weight is 1270 g/mol. The van der Waals surface area contributed by atoms with Crippen LogP contribution >= 0.6 is 15.6 Å². The first-order valence-corrected chi connectivity index (χ1v) is 38.1. The van der Waals surface area contributed by atoms with E-state index in [1.165, 1.54) is 167 Å². The van der Waals surface area contributed by atoms with E-state index in [0.717, 1.165) is 89.9 Å². The standard InChI is InChI=1S/C67H130O17P2/c1-6-9-12-15-18-21-23-25-27-29-32-37-42-47-52-66(71)83-62(56-78-65(70)51-46-41-36-31-28-26-24-22-19-16-13-10-7-2)58-81-85(73,74)79-54-61(68)55-80-86(75,76)82-59-63(57-77-64(69)50-45-40-35-30-20-17-14-11-8-3)84-67(72)53-48-43-38-33-34-39-44-49-60(4)5/h60-63,68H,6-59H2,1-5H3,(H,73,74)(H,75,76)/t61-,62-,63-/m1/s1. The molecule has 0 radical (unpaired) electrons. The van der Waals surface area contributed by atoms with Crippen molar-refractivity contribution in [3.05, 3.63) is 0 Å². The third kappa shape index (κ3) is 60.9. The maximum Gasteiger partial charge on any atom is 0.472 e. The molecule has 5 atom stereocenters. The van der Waals surface area contributed by atoms with E-state index in [2.05, 4.69) is 34.6 Å². The van der Waals surface area contributed by atoms with Gasteiger partial charge in [0.25, 0.3) is 0 Å². The van der Waals surface area contributed by atoms with Crippen LogP contribution in [0.3, 0.4) is 0 Å². The Labute approximate surface area is 524 Å². The van der Waals surface area contributed by atoms with Crippen LogP contribution in [0, 0.1) is 5.92 Å². The van der Waals surface area contributed by atoms with E-state index in [4.69, 9.17) is 37.0 Å². The molecule has 3 N–H and O–H groups in total. The van der Waals surface area contributed by atoms with E-state index in [9.17, 15) is 43.2 Å². The van der Waals surface area contributed by atoms with Crippen LogP contribution in [0.25, 0.3) is 0 Å². The smallest absolute Gasteiger partial charge is 0.462 e. The van der Waals surface area contributed by atoms with Crippen LogP contribution in [0.15, 0.2) is 0 Å². The number of ether oxygens (including phenoxy) is 4. The SMILES string of the molecule is CCCCCCCCCCCCCCCCC(=O)O[C@H](COC(=O)CCCCCCCCCCCCCCC)COP(=O)(O)OC[C@@H](O)COP(=O)(O)OC[C@@H](COC(=O)CCCCCCCCCCC)OC(=O)CCCCCCCCCC(C)C. The summed E-state index contributed by atoms with van der Waals surface area (Å²) >= 11 is 0. The lowest BCUT2D eigenvalue weighted by atomic mass is 10.0. The summed E-state index contributed by atoms with van der Waals surface area (Å²) in [6, 6.07) is 0. The predicted octanol–water partition coefficient (Wildman–Crippen LogP) is 19.0. The lowest BCUT2D eigenvalue weighted by molar-refractivity contribution is -0.161. The van der Waals surface area contributed by atoms with Gasteiger partial charge in [-0.2, -0.15) is 0 Å². The van der Waals surface area contributed by atoms with Crippen molar-refractivity contribution in [2.45, 2.75) is 361 Å².